The maximum Gasteiger partial charge on any atom is 0.337 e. The summed E-state index contributed by atoms with van der Waals surface area (Å²) in [4.78, 5) is 14.9. The molecule has 4 heteroatoms. The third kappa shape index (κ3) is 2.15. The lowest BCUT2D eigenvalue weighted by molar-refractivity contribution is 0.0694. The Labute approximate surface area is 88.3 Å². The summed E-state index contributed by atoms with van der Waals surface area (Å²) in [5, 5.41) is 12.3. The fourth-order valence-electron chi connectivity index (χ4n) is 2.06. The number of carboxylic acids is 1. The standard InChI is InChI=1S/C11H14N2O2/c14-11(15)10-7-13-5-3-9(10)8-2-1-4-12-6-8/h3,5,7-8,12H,1-2,4,6H2,(H,14,15). The third-order valence-corrected chi connectivity index (χ3v) is 2.82. The maximum atomic E-state index is 11.0. The number of rotatable bonds is 2. The van der Waals surface area contributed by atoms with E-state index in [-0.39, 0.29) is 0 Å². The minimum atomic E-state index is -0.885. The van der Waals surface area contributed by atoms with Crippen LogP contribution in [0, 0.1) is 0 Å². The fraction of sp³-hybridized carbons (Fsp3) is 0.455. The summed E-state index contributed by atoms with van der Waals surface area (Å²) in [7, 11) is 0. The van der Waals surface area contributed by atoms with Gasteiger partial charge in [-0.3, -0.25) is 4.98 Å². The zero-order valence-corrected chi connectivity index (χ0v) is 8.44. The van der Waals surface area contributed by atoms with Crippen molar-refractivity contribution in [3.05, 3.63) is 29.6 Å². The lowest BCUT2D eigenvalue weighted by Crippen LogP contribution is -2.29. The first kappa shape index (κ1) is 10.1. The molecule has 4 nitrogen and oxygen atoms in total. The van der Waals surface area contributed by atoms with Crippen molar-refractivity contribution in [1.29, 1.82) is 0 Å². The summed E-state index contributed by atoms with van der Waals surface area (Å²) in [5.41, 5.74) is 1.25. The Balaban J connectivity index is 2.29. The van der Waals surface area contributed by atoms with Gasteiger partial charge < -0.3 is 10.4 Å². The normalized spacial score (nSPS) is 21.2. The predicted octanol–water partition coefficient (Wildman–Crippen LogP) is 1.25. The summed E-state index contributed by atoms with van der Waals surface area (Å²) in [6, 6.07) is 1.82. The number of piperidine rings is 1. The van der Waals surface area contributed by atoms with Gasteiger partial charge in [-0.1, -0.05) is 0 Å². The number of hydrogen-bond acceptors (Lipinski definition) is 3. The van der Waals surface area contributed by atoms with Gasteiger partial charge in [-0.2, -0.15) is 0 Å². The van der Waals surface area contributed by atoms with Crippen LogP contribution in [0.1, 0.15) is 34.7 Å². The van der Waals surface area contributed by atoms with Crippen LogP contribution in [0.4, 0.5) is 0 Å². The molecule has 0 amide bonds. The second kappa shape index (κ2) is 4.40. The van der Waals surface area contributed by atoms with Gasteiger partial charge in [0.05, 0.1) is 5.56 Å². The van der Waals surface area contributed by atoms with Crippen LogP contribution in [-0.4, -0.2) is 29.1 Å². The molecule has 1 aliphatic heterocycles. The Bertz CT molecular complexity index is 359. The van der Waals surface area contributed by atoms with E-state index >= 15 is 0 Å². The Kier molecular flexibility index (Phi) is 2.97. The minimum absolute atomic E-state index is 0.313. The fourth-order valence-corrected chi connectivity index (χ4v) is 2.06. The summed E-state index contributed by atoms with van der Waals surface area (Å²) >= 11 is 0. The number of carboxylic acid groups (broad SMARTS) is 1. The number of aromatic nitrogens is 1. The van der Waals surface area contributed by atoms with Crippen molar-refractivity contribution < 1.29 is 9.90 Å². The van der Waals surface area contributed by atoms with Gasteiger partial charge >= 0.3 is 5.97 Å². The smallest absolute Gasteiger partial charge is 0.337 e. The van der Waals surface area contributed by atoms with Gasteiger partial charge in [0.25, 0.3) is 0 Å². The van der Waals surface area contributed by atoms with E-state index < -0.39 is 5.97 Å². The molecular weight excluding hydrogens is 192 g/mol. The first-order chi connectivity index (χ1) is 7.29. The average Bonchev–Trinajstić information content (AvgIpc) is 2.30. The zero-order valence-electron chi connectivity index (χ0n) is 8.44. The monoisotopic (exact) mass is 206 g/mol. The highest BCUT2D eigenvalue weighted by Crippen LogP contribution is 2.25. The van der Waals surface area contributed by atoms with Crippen molar-refractivity contribution in [3.63, 3.8) is 0 Å². The van der Waals surface area contributed by atoms with Crippen LogP contribution >= 0.6 is 0 Å². The average molecular weight is 206 g/mol. The van der Waals surface area contributed by atoms with Crippen molar-refractivity contribution in [2.75, 3.05) is 13.1 Å². The number of carbonyl (C=O) groups is 1. The molecule has 15 heavy (non-hydrogen) atoms. The lowest BCUT2D eigenvalue weighted by Gasteiger charge is -2.23. The molecule has 1 aromatic heterocycles. The molecule has 80 valence electrons. The van der Waals surface area contributed by atoms with Crippen LogP contribution in [-0.2, 0) is 0 Å². The van der Waals surface area contributed by atoms with E-state index in [4.69, 9.17) is 5.11 Å². The molecule has 1 unspecified atom stereocenters. The van der Waals surface area contributed by atoms with E-state index in [0.717, 1.165) is 31.5 Å². The van der Waals surface area contributed by atoms with Crippen molar-refractivity contribution in [1.82, 2.24) is 10.3 Å². The summed E-state index contributed by atoms with van der Waals surface area (Å²) in [6.07, 6.45) is 5.26. The molecule has 1 fully saturated rings. The van der Waals surface area contributed by atoms with Gasteiger partial charge in [0, 0.05) is 18.9 Å². The second-order valence-corrected chi connectivity index (χ2v) is 3.81. The van der Waals surface area contributed by atoms with Gasteiger partial charge in [0.2, 0.25) is 0 Å². The summed E-state index contributed by atoms with van der Waals surface area (Å²) in [6.45, 7) is 1.90. The molecule has 1 saturated heterocycles. The highest BCUT2D eigenvalue weighted by atomic mass is 16.4. The van der Waals surface area contributed by atoms with Gasteiger partial charge in [-0.15, -0.1) is 0 Å². The van der Waals surface area contributed by atoms with E-state index in [2.05, 4.69) is 10.3 Å². The Morgan fingerprint density at radius 3 is 3.13 bits per heavy atom. The highest BCUT2D eigenvalue weighted by Gasteiger charge is 2.20. The van der Waals surface area contributed by atoms with E-state index in [1.165, 1.54) is 6.20 Å². The van der Waals surface area contributed by atoms with Crippen LogP contribution in [0.5, 0.6) is 0 Å². The SMILES string of the molecule is O=C(O)c1cnccc1C1CCCNC1. The van der Waals surface area contributed by atoms with Crippen LogP contribution in [0.25, 0.3) is 0 Å². The van der Waals surface area contributed by atoms with Gasteiger partial charge in [0.1, 0.15) is 0 Å². The van der Waals surface area contributed by atoms with E-state index in [1.807, 2.05) is 6.07 Å². The highest BCUT2D eigenvalue weighted by molar-refractivity contribution is 5.89. The molecule has 2 N–H and O–H groups in total. The van der Waals surface area contributed by atoms with Crippen LogP contribution < -0.4 is 5.32 Å². The number of aromatic carboxylic acids is 1. The number of nitrogens with zero attached hydrogens (tertiary/aromatic N) is 1. The Hall–Kier alpha value is -1.42. The lowest BCUT2D eigenvalue weighted by atomic mass is 9.89. The van der Waals surface area contributed by atoms with Crippen molar-refractivity contribution in [3.8, 4) is 0 Å². The van der Waals surface area contributed by atoms with Crippen LogP contribution in [0.3, 0.4) is 0 Å². The Morgan fingerprint density at radius 2 is 2.47 bits per heavy atom. The van der Waals surface area contributed by atoms with Crippen LogP contribution in [0.2, 0.25) is 0 Å². The summed E-state index contributed by atoms with van der Waals surface area (Å²) < 4.78 is 0. The first-order valence-corrected chi connectivity index (χ1v) is 5.17. The molecule has 2 rings (SSSR count). The number of nitrogens with one attached hydrogen (secondary N) is 1. The molecule has 0 bridgehead atoms. The van der Waals surface area contributed by atoms with Gasteiger partial charge in [-0.25, -0.2) is 4.79 Å². The maximum absolute atomic E-state index is 11.0. The number of pyridine rings is 1. The van der Waals surface area contributed by atoms with Crippen molar-refractivity contribution >= 4 is 5.97 Å². The molecule has 0 aliphatic carbocycles. The largest absolute Gasteiger partial charge is 0.478 e. The molecule has 2 heterocycles. The topological polar surface area (TPSA) is 62.2 Å². The molecule has 1 atom stereocenters. The quantitative estimate of drug-likeness (QED) is 0.764. The summed E-state index contributed by atoms with van der Waals surface area (Å²) in [5.74, 6) is -0.573. The second-order valence-electron chi connectivity index (χ2n) is 3.81. The van der Waals surface area contributed by atoms with E-state index in [0.29, 0.717) is 11.5 Å². The molecular formula is C11H14N2O2. The molecule has 0 saturated carbocycles. The molecule has 0 radical (unpaired) electrons. The third-order valence-electron chi connectivity index (χ3n) is 2.82. The zero-order chi connectivity index (χ0) is 10.7. The molecule has 1 aromatic rings. The van der Waals surface area contributed by atoms with E-state index in [1.54, 1.807) is 6.20 Å². The van der Waals surface area contributed by atoms with Crippen LogP contribution in [0.15, 0.2) is 18.5 Å². The van der Waals surface area contributed by atoms with Gasteiger partial charge in [-0.05, 0) is 36.9 Å². The minimum Gasteiger partial charge on any atom is -0.478 e. The first-order valence-electron chi connectivity index (χ1n) is 5.17. The Morgan fingerprint density at radius 1 is 1.60 bits per heavy atom. The predicted molar refractivity (Wildman–Crippen MR) is 56.0 cm³/mol. The number of hydrogen-bond donors (Lipinski definition) is 2. The molecule has 0 spiro atoms. The van der Waals surface area contributed by atoms with Crippen molar-refractivity contribution in [2.24, 2.45) is 0 Å². The molecule has 0 aromatic carbocycles. The van der Waals surface area contributed by atoms with Gasteiger partial charge in [0.15, 0.2) is 0 Å². The van der Waals surface area contributed by atoms with E-state index in [9.17, 15) is 4.79 Å². The van der Waals surface area contributed by atoms with Crippen molar-refractivity contribution in [2.45, 2.75) is 18.8 Å². The molecule has 1 aliphatic rings.